The molecule has 1 aromatic carbocycles. The Bertz CT molecular complexity index is 1260. The summed E-state index contributed by atoms with van der Waals surface area (Å²) in [6, 6.07) is 10.4. The standard InChI is InChI=1S/C20H16ClN5O2S/c1-11-2-3-12(8-23-11)9-24-19(27)17-15-10-29-18(22)16(15)20(28)26(25-17)14-6-4-13(21)5-7-14/h2-8,10H,9,22H2,1H3,(H,24,27). The minimum Gasteiger partial charge on any atom is -0.390 e. The molecular weight excluding hydrogens is 410 g/mol. The van der Waals surface area contributed by atoms with Crippen LogP contribution in [-0.4, -0.2) is 20.7 Å². The molecule has 0 radical (unpaired) electrons. The molecule has 1 amide bonds. The van der Waals surface area contributed by atoms with Gasteiger partial charge in [-0.15, -0.1) is 11.3 Å². The molecule has 3 heterocycles. The molecule has 3 aromatic heterocycles. The second kappa shape index (κ2) is 7.65. The first-order valence-electron chi connectivity index (χ1n) is 8.69. The number of fused-ring (bicyclic) bond motifs is 1. The molecule has 0 spiro atoms. The van der Waals surface area contributed by atoms with E-state index in [0.29, 0.717) is 21.1 Å². The smallest absolute Gasteiger partial charge is 0.282 e. The third-order valence-corrected chi connectivity index (χ3v) is 5.46. The number of amides is 1. The normalized spacial score (nSPS) is 11.0. The molecule has 3 N–H and O–H groups in total. The lowest BCUT2D eigenvalue weighted by atomic mass is 10.2. The van der Waals surface area contributed by atoms with E-state index in [-0.39, 0.29) is 23.2 Å². The van der Waals surface area contributed by atoms with E-state index in [1.807, 2.05) is 19.1 Å². The van der Waals surface area contributed by atoms with Gasteiger partial charge in [-0.05, 0) is 42.8 Å². The van der Waals surface area contributed by atoms with E-state index in [4.69, 9.17) is 17.3 Å². The molecule has 0 bridgehead atoms. The van der Waals surface area contributed by atoms with Crippen LogP contribution in [0.25, 0.3) is 16.5 Å². The number of nitrogens with one attached hydrogen (secondary N) is 1. The van der Waals surface area contributed by atoms with Gasteiger partial charge in [0.1, 0.15) is 0 Å². The Balaban J connectivity index is 1.75. The first-order chi connectivity index (χ1) is 13.9. The highest BCUT2D eigenvalue weighted by molar-refractivity contribution is 7.15. The number of nitrogen functional groups attached to an aromatic ring is 1. The maximum atomic E-state index is 12.9. The highest BCUT2D eigenvalue weighted by Gasteiger charge is 2.20. The molecule has 7 nitrogen and oxygen atoms in total. The largest absolute Gasteiger partial charge is 0.390 e. The second-order valence-corrected chi connectivity index (χ2v) is 7.77. The van der Waals surface area contributed by atoms with Crippen LogP contribution in [0.5, 0.6) is 0 Å². The number of nitrogens with zero attached hydrogens (tertiary/aromatic N) is 3. The van der Waals surface area contributed by atoms with Crippen LogP contribution >= 0.6 is 22.9 Å². The molecule has 0 aliphatic heterocycles. The van der Waals surface area contributed by atoms with Crippen LogP contribution in [0.15, 0.2) is 52.8 Å². The second-order valence-electron chi connectivity index (χ2n) is 6.42. The van der Waals surface area contributed by atoms with Crippen LogP contribution in [-0.2, 0) is 6.54 Å². The number of hydrogen-bond acceptors (Lipinski definition) is 6. The first-order valence-corrected chi connectivity index (χ1v) is 9.95. The molecule has 9 heteroatoms. The van der Waals surface area contributed by atoms with Crippen LogP contribution in [0.1, 0.15) is 21.7 Å². The van der Waals surface area contributed by atoms with Gasteiger partial charge in [-0.25, -0.2) is 0 Å². The monoisotopic (exact) mass is 425 g/mol. The van der Waals surface area contributed by atoms with E-state index < -0.39 is 5.91 Å². The average Bonchev–Trinajstić information content (AvgIpc) is 3.11. The van der Waals surface area contributed by atoms with Crippen molar-refractivity contribution in [1.29, 1.82) is 0 Å². The van der Waals surface area contributed by atoms with Crippen LogP contribution < -0.4 is 16.6 Å². The van der Waals surface area contributed by atoms with E-state index >= 15 is 0 Å². The van der Waals surface area contributed by atoms with E-state index in [0.717, 1.165) is 11.3 Å². The predicted molar refractivity (Wildman–Crippen MR) is 115 cm³/mol. The van der Waals surface area contributed by atoms with Crippen molar-refractivity contribution >= 4 is 44.6 Å². The number of rotatable bonds is 4. The number of hydrogen-bond donors (Lipinski definition) is 2. The topological polar surface area (TPSA) is 103 Å². The van der Waals surface area contributed by atoms with Gasteiger partial charge in [-0.1, -0.05) is 17.7 Å². The number of nitrogens with two attached hydrogens (primary N) is 1. The Labute approximate surface area is 174 Å². The molecule has 0 atom stereocenters. The Morgan fingerprint density at radius 3 is 2.69 bits per heavy atom. The summed E-state index contributed by atoms with van der Waals surface area (Å²) < 4.78 is 1.17. The zero-order valence-electron chi connectivity index (χ0n) is 15.3. The van der Waals surface area contributed by atoms with Crippen LogP contribution in [0.4, 0.5) is 5.00 Å². The Kier molecular flexibility index (Phi) is 5.04. The molecule has 146 valence electrons. The number of thiophene rings is 1. The van der Waals surface area contributed by atoms with Crippen molar-refractivity contribution < 1.29 is 4.79 Å². The molecule has 0 aliphatic carbocycles. The minimum atomic E-state index is -0.406. The van der Waals surface area contributed by atoms with Crippen LogP contribution in [0, 0.1) is 6.92 Å². The Morgan fingerprint density at radius 1 is 1.24 bits per heavy atom. The van der Waals surface area contributed by atoms with Crippen molar-refractivity contribution in [3.8, 4) is 5.69 Å². The minimum absolute atomic E-state index is 0.127. The maximum absolute atomic E-state index is 12.9. The molecular formula is C20H16ClN5O2S. The first kappa shape index (κ1) is 19.1. The van der Waals surface area contributed by atoms with Gasteiger partial charge >= 0.3 is 0 Å². The lowest BCUT2D eigenvalue weighted by Crippen LogP contribution is -2.29. The van der Waals surface area contributed by atoms with Gasteiger partial charge in [0, 0.05) is 34.2 Å². The van der Waals surface area contributed by atoms with E-state index in [1.54, 1.807) is 35.8 Å². The molecule has 29 heavy (non-hydrogen) atoms. The van der Waals surface area contributed by atoms with E-state index in [9.17, 15) is 9.59 Å². The number of carbonyl (C=O) groups is 1. The lowest BCUT2D eigenvalue weighted by Gasteiger charge is -2.10. The summed E-state index contributed by atoms with van der Waals surface area (Å²) in [6.45, 7) is 2.18. The van der Waals surface area contributed by atoms with Gasteiger partial charge < -0.3 is 11.1 Å². The van der Waals surface area contributed by atoms with E-state index in [1.165, 1.54) is 16.0 Å². The van der Waals surface area contributed by atoms with Crippen molar-refractivity contribution in [3.05, 3.63) is 80.3 Å². The maximum Gasteiger partial charge on any atom is 0.282 e. The summed E-state index contributed by atoms with van der Waals surface area (Å²) in [5, 5.41) is 10.4. The van der Waals surface area contributed by atoms with Crippen LogP contribution in [0.2, 0.25) is 5.02 Å². The Morgan fingerprint density at radius 2 is 2.00 bits per heavy atom. The number of pyridine rings is 1. The molecule has 0 fully saturated rings. The highest BCUT2D eigenvalue weighted by Crippen LogP contribution is 2.27. The molecule has 4 aromatic rings. The van der Waals surface area contributed by atoms with Crippen molar-refractivity contribution in [3.63, 3.8) is 0 Å². The fourth-order valence-corrected chi connectivity index (χ4v) is 3.78. The summed E-state index contributed by atoms with van der Waals surface area (Å²) in [7, 11) is 0. The van der Waals surface area contributed by atoms with Crippen molar-refractivity contribution in [2.75, 3.05) is 5.73 Å². The quantitative estimate of drug-likeness (QED) is 0.522. The fraction of sp³-hybridized carbons (Fsp3) is 0.100. The molecule has 0 aliphatic rings. The third kappa shape index (κ3) is 3.72. The van der Waals surface area contributed by atoms with Gasteiger partial charge in [0.15, 0.2) is 5.69 Å². The average molecular weight is 426 g/mol. The van der Waals surface area contributed by atoms with E-state index in [2.05, 4.69) is 15.4 Å². The summed E-state index contributed by atoms with van der Waals surface area (Å²) in [5.74, 6) is -0.406. The lowest BCUT2D eigenvalue weighted by molar-refractivity contribution is 0.0946. The zero-order valence-corrected chi connectivity index (χ0v) is 16.9. The summed E-state index contributed by atoms with van der Waals surface area (Å²) >= 11 is 7.14. The molecule has 4 rings (SSSR count). The van der Waals surface area contributed by atoms with Gasteiger partial charge in [-0.2, -0.15) is 9.78 Å². The molecule has 0 saturated carbocycles. The highest BCUT2D eigenvalue weighted by atomic mass is 35.5. The van der Waals surface area contributed by atoms with Gasteiger partial charge in [0.2, 0.25) is 0 Å². The number of anilines is 1. The number of halogens is 1. The summed E-state index contributed by atoms with van der Waals surface area (Å²) in [4.78, 5) is 30.0. The third-order valence-electron chi connectivity index (χ3n) is 4.39. The van der Waals surface area contributed by atoms with Crippen LogP contribution in [0.3, 0.4) is 0 Å². The zero-order chi connectivity index (χ0) is 20.5. The van der Waals surface area contributed by atoms with Gasteiger partial charge in [0.25, 0.3) is 11.5 Å². The molecule has 0 saturated heterocycles. The number of aryl methyl sites for hydroxylation is 1. The SMILES string of the molecule is Cc1ccc(CNC(=O)c2nn(-c3ccc(Cl)cc3)c(=O)c3c(N)scc23)cn1. The van der Waals surface area contributed by atoms with Gasteiger partial charge in [0.05, 0.1) is 16.1 Å². The summed E-state index contributed by atoms with van der Waals surface area (Å²) in [5.41, 5.74) is 7.99. The number of aromatic nitrogens is 3. The number of benzene rings is 1. The fourth-order valence-electron chi connectivity index (χ4n) is 2.87. The summed E-state index contributed by atoms with van der Waals surface area (Å²) in [6.07, 6.45) is 1.70. The van der Waals surface area contributed by atoms with Crippen molar-refractivity contribution in [2.24, 2.45) is 0 Å². The molecule has 0 unspecified atom stereocenters. The van der Waals surface area contributed by atoms with Crippen molar-refractivity contribution in [1.82, 2.24) is 20.1 Å². The predicted octanol–water partition coefficient (Wildman–Crippen LogP) is 3.32. The van der Waals surface area contributed by atoms with Gasteiger partial charge in [-0.3, -0.25) is 14.6 Å². The number of carbonyl (C=O) groups excluding carboxylic acids is 1. The Hall–Kier alpha value is -3.23. The van der Waals surface area contributed by atoms with Crippen molar-refractivity contribution in [2.45, 2.75) is 13.5 Å².